The SMILES string of the molecule is CCCCSC1CC(=O)N(CCCCCC(=O)N[C@H](C(=O)C[C@@H](CCCNC(N)=O)C(=O)Nc2ccc(COC(=O)N(C)C)cc2)C(C)C)C1=O.CC[C@H](C)[C@@H]([C@@H](CC(=O)N1CCC[C@H]1[C@H](OC)[C@@H](C)C(=O)C[C@@H](Cc1ccccc1)C(=O)O)OC)N(C)C(=O)[C@@H](CC(=O)[C@@H](C)C(C)C)C(C)C. The van der Waals surface area contributed by atoms with Crippen molar-refractivity contribution in [1.82, 2.24) is 30.2 Å². The first kappa shape index (κ1) is 89.0. The largest absolute Gasteiger partial charge is 0.481 e. The summed E-state index contributed by atoms with van der Waals surface area (Å²) >= 11 is 1.55. The van der Waals surface area contributed by atoms with Crippen LogP contribution in [0.1, 0.15) is 190 Å². The summed E-state index contributed by atoms with van der Waals surface area (Å²) in [6.07, 6.45) is 5.60. The molecule has 2 fully saturated rings. The van der Waals surface area contributed by atoms with Gasteiger partial charge < -0.3 is 55.7 Å². The van der Waals surface area contributed by atoms with E-state index in [2.05, 4.69) is 29.8 Å². The molecule has 2 aliphatic rings. The van der Waals surface area contributed by atoms with Crippen LogP contribution in [0.25, 0.3) is 0 Å². The number of nitrogens with two attached hydrogens (primary N) is 1. The zero-order chi connectivity index (χ0) is 76.5. The predicted molar refractivity (Wildman–Crippen MR) is 396 cm³/mol. The molecule has 2 aromatic carbocycles. The second-order valence-corrected chi connectivity index (χ2v) is 30.2. The molecule has 25 heteroatoms. The lowest BCUT2D eigenvalue weighted by Gasteiger charge is -2.41. The summed E-state index contributed by atoms with van der Waals surface area (Å²) in [6, 6.07) is 13.8. The minimum Gasteiger partial charge on any atom is -0.481 e. The van der Waals surface area contributed by atoms with E-state index in [0.29, 0.717) is 50.9 Å². The van der Waals surface area contributed by atoms with Gasteiger partial charge in [-0.3, -0.25) is 52.8 Å². The zero-order valence-corrected chi connectivity index (χ0v) is 64.6. The number of primary amides is 1. The quantitative estimate of drug-likeness (QED) is 0.0304. The zero-order valence-electron chi connectivity index (χ0n) is 63.8. The summed E-state index contributed by atoms with van der Waals surface area (Å²) in [4.78, 5) is 161. The number of aliphatic carboxylic acids is 1. The van der Waals surface area contributed by atoms with Gasteiger partial charge in [-0.15, -0.1) is 11.8 Å². The molecule has 0 aromatic heterocycles. The Hall–Kier alpha value is -7.25. The number of Topliss-reactive ketones (excluding diaryl/α,β-unsaturated/α-hetero) is 3. The molecule has 9 amide bonds. The van der Waals surface area contributed by atoms with Gasteiger partial charge in [0, 0.05) is 116 Å². The topological polar surface area (TPSA) is 328 Å². The number of likely N-dealkylation sites (tertiary alicyclic amines) is 2. The number of hydrogen-bond acceptors (Lipinski definition) is 16. The van der Waals surface area contributed by atoms with Gasteiger partial charge in [-0.25, -0.2) is 9.59 Å². The van der Waals surface area contributed by atoms with Crippen molar-refractivity contribution in [2.24, 2.45) is 59.0 Å². The van der Waals surface area contributed by atoms with Crippen LogP contribution in [0.3, 0.4) is 0 Å². The number of carboxylic acid groups (broad SMARTS) is 1. The van der Waals surface area contributed by atoms with Gasteiger partial charge in [-0.05, 0) is 104 Å². The van der Waals surface area contributed by atoms with Gasteiger partial charge in [-0.1, -0.05) is 138 Å². The number of urea groups is 1. The van der Waals surface area contributed by atoms with Gasteiger partial charge in [0.05, 0.1) is 47.9 Å². The van der Waals surface area contributed by atoms with Crippen molar-refractivity contribution in [2.45, 2.75) is 228 Å². The number of unbranched alkanes of at least 4 members (excludes halogenated alkanes) is 3. The van der Waals surface area contributed by atoms with Gasteiger partial charge >= 0.3 is 18.1 Å². The molecule has 2 aromatic rings. The van der Waals surface area contributed by atoms with E-state index >= 15 is 0 Å². The van der Waals surface area contributed by atoms with Crippen LogP contribution in [-0.4, -0.2) is 192 Å². The summed E-state index contributed by atoms with van der Waals surface area (Å²) in [5.74, 6) is -4.72. The minimum atomic E-state index is -1.02. The number of nitrogens with one attached hydrogen (secondary N) is 3. The average Bonchev–Trinajstić information content (AvgIpc) is 1.45. The van der Waals surface area contributed by atoms with E-state index in [4.69, 9.17) is 19.9 Å². The maximum absolute atomic E-state index is 14.1. The van der Waals surface area contributed by atoms with Gasteiger partial charge in [0.1, 0.15) is 18.2 Å². The van der Waals surface area contributed by atoms with Crippen LogP contribution in [0.2, 0.25) is 0 Å². The highest BCUT2D eigenvalue weighted by molar-refractivity contribution is 8.00. The van der Waals surface area contributed by atoms with Crippen molar-refractivity contribution in [3.05, 3.63) is 65.7 Å². The molecule has 0 spiro atoms. The molecule has 2 heterocycles. The van der Waals surface area contributed by atoms with Crippen LogP contribution in [0.15, 0.2) is 54.6 Å². The number of likely N-dealkylation sites (N-methyl/N-ethyl adjacent to an activating group) is 1. The Labute approximate surface area is 610 Å². The van der Waals surface area contributed by atoms with Gasteiger partial charge in [-0.2, -0.15) is 0 Å². The molecule has 1 unspecified atom stereocenters. The number of methoxy groups -OCH3 is 2. The second kappa shape index (κ2) is 45.8. The van der Waals surface area contributed by atoms with E-state index in [-0.39, 0.29) is 158 Å². The Bertz CT molecular complexity index is 3020. The number of amides is 9. The smallest absolute Gasteiger partial charge is 0.409 e. The van der Waals surface area contributed by atoms with Crippen molar-refractivity contribution in [3.8, 4) is 0 Å². The summed E-state index contributed by atoms with van der Waals surface area (Å²) in [5, 5.41) is 17.8. The van der Waals surface area contributed by atoms with Crippen LogP contribution >= 0.6 is 11.8 Å². The third-order valence-electron chi connectivity index (χ3n) is 20.0. The van der Waals surface area contributed by atoms with Crippen LogP contribution in [0.4, 0.5) is 15.3 Å². The number of benzene rings is 2. The van der Waals surface area contributed by atoms with Crippen molar-refractivity contribution in [2.75, 3.05) is 66.1 Å². The number of carbonyl (C=O) groups excluding carboxylic acids is 11. The number of ketones is 3. The van der Waals surface area contributed by atoms with Crippen molar-refractivity contribution in [1.29, 1.82) is 0 Å². The number of rotatable bonds is 45. The van der Waals surface area contributed by atoms with Crippen molar-refractivity contribution in [3.63, 3.8) is 0 Å². The fraction of sp³-hybridized carbons (Fsp3) is 0.688. The van der Waals surface area contributed by atoms with Crippen molar-refractivity contribution < 1.29 is 76.9 Å². The number of ether oxygens (including phenoxy) is 3. The number of anilines is 1. The highest BCUT2D eigenvalue weighted by Gasteiger charge is 2.44. The minimum absolute atomic E-state index is 0.00612. The van der Waals surface area contributed by atoms with Gasteiger partial charge in [0.25, 0.3) is 0 Å². The van der Waals surface area contributed by atoms with Crippen LogP contribution in [0.5, 0.6) is 0 Å². The summed E-state index contributed by atoms with van der Waals surface area (Å²) < 4.78 is 17.1. The van der Waals surface area contributed by atoms with Gasteiger partial charge in [0.2, 0.25) is 35.4 Å². The molecule has 12 atom stereocenters. The highest BCUT2D eigenvalue weighted by Crippen LogP contribution is 2.33. The van der Waals surface area contributed by atoms with E-state index in [1.54, 1.807) is 81.0 Å². The normalized spacial score (nSPS) is 17.4. The Morgan fingerprint density at radius 1 is 0.725 bits per heavy atom. The van der Waals surface area contributed by atoms with Crippen LogP contribution in [-0.2, 0) is 75.2 Å². The first-order valence-electron chi connectivity index (χ1n) is 36.7. The maximum Gasteiger partial charge on any atom is 0.409 e. The van der Waals surface area contributed by atoms with E-state index in [0.717, 1.165) is 42.6 Å². The lowest BCUT2D eigenvalue weighted by Crippen LogP contribution is -2.54. The molecule has 24 nitrogen and oxygen atoms in total. The Balaban J connectivity index is 0.000000530. The molecule has 572 valence electrons. The second-order valence-electron chi connectivity index (χ2n) is 28.9. The Morgan fingerprint density at radius 2 is 1.37 bits per heavy atom. The Morgan fingerprint density at radius 3 is 1.94 bits per heavy atom. The molecule has 102 heavy (non-hydrogen) atoms. The van der Waals surface area contributed by atoms with E-state index in [1.807, 2.05) is 85.7 Å². The molecule has 4 rings (SSSR count). The lowest BCUT2D eigenvalue weighted by atomic mass is 9.82. The fourth-order valence-corrected chi connectivity index (χ4v) is 14.3. The lowest BCUT2D eigenvalue weighted by molar-refractivity contribution is -0.149. The molecule has 2 aliphatic heterocycles. The molecular weight excluding hydrogens is 1320 g/mol. The molecule has 2 saturated heterocycles. The fourth-order valence-electron chi connectivity index (χ4n) is 13.0. The molecule has 0 radical (unpaired) electrons. The molecule has 0 saturated carbocycles. The van der Waals surface area contributed by atoms with Crippen molar-refractivity contribution >= 4 is 88.3 Å². The number of carbonyl (C=O) groups is 12. The summed E-state index contributed by atoms with van der Waals surface area (Å²) in [7, 11) is 8.02. The average molecular weight is 1450 g/mol. The van der Waals surface area contributed by atoms with E-state index < -0.39 is 66.1 Å². The Kier molecular flexibility index (Phi) is 39.9. The summed E-state index contributed by atoms with van der Waals surface area (Å²) in [5.41, 5.74) is 7.24. The maximum atomic E-state index is 14.1. The third-order valence-corrected chi connectivity index (χ3v) is 21.3. The number of thioether (sulfide) groups is 1. The van der Waals surface area contributed by atoms with E-state index in [9.17, 15) is 62.6 Å². The number of imide groups is 1. The molecule has 0 aliphatic carbocycles. The molecular formula is C77H122N8O16S. The highest BCUT2D eigenvalue weighted by atomic mass is 32.2. The summed E-state index contributed by atoms with van der Waals surface area (Å²) in [6.45, 7) is 22.6. The third kappa shape index (κ3) is 29.1. The number of carboxylic acids is 1. The first-order valence-corrected chi connectivity index (χ1v) is 37.8. The predicted octanol–water partition coefficient (Wildman–Crippen LogP) is 10.5. The monoisotopic (exact) mass is 1450 g/mol. The van der Waals surface area contributed by atoms with Gasteiger partial charge in [0.15, 0.2) is 5.78 Å². The first-order chi connectivity index (χ1) is 48.2. The molecule has 0 bridgehead atoms. The van der Waals surface area contributed by atoms with Crippen LogP contribution in [0, 0.1) is 53.3 Å². The van der Waals surface area contributed by atoms with Crippen LogP contribution < -0.4 is 21.7 Å². The number of hydrogen-bond donors (Lipinski definition) is 5. The number of nitrogens with zero attached hydrogens (tertiary/aromatic N) is 4. The molecule has 6 N–H and O–H groups in total. The van der Waals surface area contributed by atoms with E-state index in [1.165, 1.54) is 16.9 Å². The standard InChI is InChI=1S/C41H66N2O8.C36H56N6O8S/c1-12-27(6)38(42(9)40(47)32(26(4)5)23-35(45)28(7)25(2)3)36(50-10)24-37(46)43-20-16-19-33(43)39(51-11)29(8)34(44)22-31(41(48)49)21-30-17-14-13-15-18-30;1-6-7-20-51-29-22-31(45)42(34(29)47)19-10-8-9-13-30(44)40-32(24(2)3)28(43)21-26(12-11-18-38-35(37)48)33(46)39-27-16-14-25(15-17-27)23-50-36(49)41(4)5/h13-15,17-18,25-29,31-33,36,38-39H,12,16,19-24H2,1-11H3,(H,48,49);14-17,24,26,29,32H,6-13,18-23H2,1-5H3,(H,39,46)(H,40,44)(H3,37,38,48)/t27-,28-,29-,31+,32-,33-,36+,38-,39+;26-,29?,32+/m01/s1.